The van der Waals surface area contributed by atoms with Crippen LogP contribution in [0.3, 0.4) is 0 Å². The van der Waals surface area contributed by atoms with E-state index in [2.05, 4.69) is 32.9 Å². The van der Waals surface area contributed by atoms with Crippen LogP contribution in [0.5, 0.6) is 0 Å². The number of benzene rings is 1. The molecule has 0 aromatic heterocycles. The van der Waals surface area contributed by atoms with E-state index in [1.54, 1.807) is 6.66 Å². The molecule has 2 fully saturated rings. The van der Waals surface area contributed by atoms with Crippen LogP contribution in [0.2, 0.25) is 0 Å². The Morgan fingerprint density at radius 3 is 2.26 bits per heavy atom. The Kier molecular flexibility index (Phi) is 5.80. The van der Waals surface area contributed by atoms with Crippen LogP contribution < -0.4 is 0 Å². The maximum atomic E-state index is 13.9. The number of hydrogen-bond donors (Lipinski definition) is 1. The predicted molar refractivity (Wildman–Crippen MR) is 125 cm³/mol. The zero-order chi connectivity index (χ0) is 22.8. The van der Waals surface area contributed by atoms with Crippen LogP contribution in [0.4, 0.5) is 0 Å². The summed E-state index contributed by atoms with van der Waals surface area (Å²) in [5.74, 6) is -0.387. The molecule has 0 amide bonds. The highest BCUT2D eigenvalue weighted by Crippen LogP contribution is 2.59. The maximum absolute atomic E-state index is 13.9. The molecule has 1 aromatic carbocycles. The van der Waals surface area contributed by atoms with Gasteiger partial charge in [0, 0.05) is 18.5 Å². The molecule has 2 aliphatic carbocycles. The summed E-state index contributed by atoms with van der Waals surface area (Å²) in [5.41, 5.74) is 4.58. The second-order valence-corrected chi connectivity index (χ2v) is 13.6. The van der Waals surface area contributed by atoms with Crippen molar-refractivity contribution >= 4 is 29.7 Å². The lowest BCUT2D eigenvalue weighted by Crippen LogP contribution is -2.32. The van der Waals surface area contributed by atoms with Crippen LogP contribution in [0.1, 0.15) is 62.8 Å². The van der Waals surface area contributed by atoms with Crippen LogP contribution in [0, 0.1) is 18.8 Å². The van der Waals surface area contributed by atoms with Gasteiger partial charge in [-0.15, -0.1) is 0 Å². The molecule has 1 aliphatic heterocycles. The standard InChI is InChI=1S/C24H33O5PS/c1-7-15-9-14(3)10-16(8-2)19(15)20-21(25)17-11-24(13-27-23(4,5)29-24)12-18(17)22(20)28-30(6,26)31/h9-10,17-18H,7-8,11-13H2,1-6H3,(H,26,31). The van der Waals surface area contributed by atoms with E-state index in [4.69, 9.17) is 25.8 Å². The molecule has 1 N–H and O–H groups in total. The molecular formula is C24H33O5PS. The molecule has 4 atom stereocenters. The van der Waals surface area contributed by atoms with E-state index in [1.807, 2.05) is 13.8 Å². The van der Waals surface area contributed by atoms with Crippen molar-refractivity contribution in [3.05, 3.63) is 40.1 Å². The average Bonchev–Trinajstić information content (AvgIpc) is 3.25. The van der Waals surface area contributed by atoms with E-state index in [0.717, 1.165) is 29.5 Å². The molecule has 0 bridgehead atoms. The number of ketones is 1. The third-order valence-electron chi connectivity index (χ3n) is 6.71. The number of Topliss-reactive ketones (excluding diaryl/α,β-unsaturated/α-hetero) is 1. The molecule has 3 aliphatic rings. The van der Waals surface area contributed by atoms with Gasteiger partial charge in [0.15, 0.2) is 11.6 Å². The first-order valence-corrected chi connectivity index (χ1v) is 14.3. The molecular weight excluding hydrogens is 431 g/mol. The SMILES string of the molecule is CCc1cc(C)cc(CC)c1C1=C(OP(C)(O)=S)C2CC3(COC(C)(C)O3)CC2C1=O. The van der Waals surface area contributed by atoms with Gasteiger partial charge in [0.05, 0.1) is 17.8 Å². The summed E-state index contributed by atoms with van der Waals surface area (Å²) in [6, 6.07) is 4.30. The van der Waals surface area contributed by atoms with E-state index in [9.17, 15) is 9.69 Å². The molecule has 1 saturated heterocycles. The molecule has 1 saturated carbocycles. The summed E-state index contributed by atoms with van der Waals surface area (Å²) < 4.78 is 18.2. The number of allylic oxidation sites excluding steroid dienone is 2. The first-order valence-electron chi connectivity index (χ1n) is 11.1. The number of hydrogen-bond acceptors (Lipinski definition) is 5. The average molecular weight is 465 g/mol. The summed E-state index contributed by atoms with van der Waals surface area (Å²) in [4.78, 5) is 24.4. The van der Waals surface area contributed by atoms with Gasteiger partial charge >= 0.3 is 0 Å². The Morgan fingerprint density at radius 2 is 1.77 bits per heavy atom. The van der Waals surface area contributed by atoms with Gasteiger partial charge in [-0.2, -0.15) is 0 Å². The zero-order valence-corrected chi connectivity index (χ0v) is 21.0. The monoisotopic (exact) mass is 464 g/mol. The minimum Gasteiger partial charge on any atom is -0.447 e. The number of carbonyl (C=O) groups excluding carboxylic acids is 1. The highest BCUT2D eigenvalue weighted by Gasteiger charge is 2.60. The molecule has 170 valence electrons. The summed E-state index contributed by atoms with van der Waals surface area (Å²) in [7, 11) is 0. The Hall–Kier alpha value is -1.04. The quantitative estimate of drug-likeness (QED) is 0.625. The van der Waals surface area contributed by atoms with Gasteiger partial charge in [-0.1, -0.05) is 31.5 Å². The molecule has 4 unspecified atom stereocenters. The van der Waals surface area contributed by atoms with Crippen molar-refractivity contribution in [3.63, 3.8) is 0 Å². The van der Waals surface area contributed by atoms with E-state index in [0.29, 0.717) is 30.8 Å². The van der Waals surface area contributed by atoms with Crippen LogP contribution in [-0.4, -0.2) is 35.3 Å². The Balaban J connectivity index is 1.86. The maximum Gasteiger partial charge on any atom is 0.232 e. The fourth-order valence-corrected chi connectivity index (χ4v) is 6.49. The van der Waals surface area contributed by atoms with Crippen molar-refractivity contribution in [3.8, 4) is 0 Å². The highest BCUT2D eigenvalue weighted by molar-refractivity contribution is 8.09. The van der Waals surface area contributed by atoms with Gasteiger partial charge in [-0.3, -0.25) is 4.79 Å². The predicted octanol–water partition coefficient (Wildman–Crippen LogP) is 4.91. The third kappa shape index (κ3) is 4.18. The van der Waals surface area contributed by atoms with Gasteiger partial charge in [0.1, 0.15) is 5.76 Å². The first kappa shape index (κ1) is 23.1. The fraction of sp³-hybridized carbons (Fsp3) is 0.625. The van der Waals surface area contributed by atoms with Crippen molar-refractivity contribution < 1.29 is 23.7 Å². The van der Waals surface area contributed by atoms with Crippen molar-refractivity contribution in [1.29, 1.82) is 0 Å². The van der Waals surface area contributed by atoms with E-state index >= 15 is 0 Å². The molecule has 7 heteroatoms. The van der Waals surface area contributed by atoms with Gasteiger partial charge < -0.3 is 18.9 Å². The van der Waals surface area contributed by atoms with Gasteiger partial charge in [0.2, 0.25) is 6.49 Å². The molecule has 0 radical (unpaired) electrons. The lowest BCUT2D eigenvalue weighted by atomic mass is 9.86. The van der Waals surface area contributed by atoms with Crippen LogP contribution in [0.25, 0.3) is 5.57 Å². The first-order chi connectivity index (χ1) is 14.4. The smallest absolute Gasteiger partial charge is 0.232 e. The Morgan fingerprint density at radius 1 is 1.19 bits per heavy atom. The van der Waals surface area contributed by atoms with Crippen molar-refractivity contribution in [2.24, 2.45) is 11.8 Å². The lowest BCUT2D eigenvalue weighted by Gasteiger charge is -2.27. The van der Waals surface area contributed by atoms with Crippen LogP contribution in [-0.2, 0) is 43.4 Å². The molecule has 31 heavy (non-hydrogen) atoms. The third-order valence-corrected chi connectivity index (χ3v) is 7.47. The second kappa shape index (κ2) is 7.78. The normalized spacial score (nSPS) is 31.4. The fourth-order valence-electron chi connectivity index (χ4n) is 5.66. The number of carbonyl (C=O) groups is 1. The summed E-state index contributed by atoms with van der Waals surface area (Å²) in [6.07, 6.45) is 2.87. The van der Waals surface area contributed by atoms with Crippen molar-refractivity contribution in [2.75, 3.05) is 13.3 Å². The lowest BCUT2D eigenvalue weighted by molar-refractivity contribution is -0.161. The number of rotatable bonds is 5. The highest BCUT2D eigenvalue weighted by atomic mass is 32.5. The number of fused-ring (bicyclic) bond motifs is 1. The van der Waals surface area contributed by atoms with E-state index in [-0.39, 0.29) is 17.6 Å². The number of aryl methyl sites for hydroxylation is 3. The minimum absolute atomic E-state index is 0.0851. The Bertz CT molecular complexity index is 982. The summed E-state index contributed by atoms with van der Waals surface area (Å²) >= 11 is 5.27. The topological polar surface area (TPSA) is 65.0 Å². The minimum atomic E-state index is -3.02. The summed E-state index contributed by atoms with van der Waals surface area (Å²) in [6.45, 7) is 9.10. The zero-order valence-electron chi connectivity index (χ0n) is 19.3. The Labute approximate surface area is 190 Å². The van der Waals surface area contributed by atoms with Crippen LogP contribution in [0.15, 0.2) is 17.9 Å². The molecule has 5 nitrogen and oxygen atoms in total. The summed E-state index contributed by atoms with van der Waals surface area (Å²) in [5, 5.41) is 0. The molecule has 1 heterocycles. The van der Waals surface area contributed by atoms with Gasteiger partial charge in [-0.25, -0.2) is 0 Å². The molecule has 1 aromatic rings. The molecule has 1 spiro atoms. The van der Waals surface area contributed by atoms with Crippen LogP contribution >= 0.6 is 6.49 Å². The van der Waals surface area contributed by atoms with Gasteiger partial charge in [0.25, 0.3) is 0 Å². The largest absolute Gasteiger partial charge is 0.447 e. The van der Waals surface area contributed by atoms with Gasteiger partial charge in [-0.05, 0) is 75.0 Å². The number of ether oxygens (including phenoxy) is 2. The van der Waals surface area contributed by atoms with E-state index in [1.165, 1.54) is 5.56 Å². The second-order valence-electron chi connectivity index (χ2n) is 9.76. The van der Waals surface area contributed by atoms with Crippen molar-refractivity contribution in [2.45, 2.75) is 71.7 Å². The van der Waals surface area contributed by atoms with Crippen molar-refractivity contribution in [1.82, 2.24) is 0 Å². The van der Waals surface area contributed by atoms with E-state index < -0.39 is 17.9 Å². The molecule has 4 rings (SSSR count).